The highest BCUT2D eigenvalue weighted by molar-refractivity contribution is 5.96. The van der Waals surface area contributed by atoms with E-state index < -0.39 is 30.3 Å². The van der Waals surface area contributed by atoms with Gasteiger partial charge in [0, 0.05) is 12.1 Å². The fraction of sp³-hybridized carbons (Fsp3) is 0.278. The van der Waals surface area contributed by atoms with Crippen molar-refractivity contribution in [2.45, 2.75) is 26.1 Å². The average molecular weight is 423 g/mol. The standard InChI is InChI=1S/C18H15F6NO4/c1-2-9-27-16(26)25(12-5-3-7-14(10-12)28-17(19,20)21)13-6-4-8-15(11-13)29-18(22,23)24/h3-8,10-11H,2,9H2,1H3. The molecule has 0 aliphatic rings. The summed E-state index contributed by atoms with van der Waals surface area (Å²) in [4.78, 5) is 13.3. The summed E-state index contributed by atoms with van der Waals surface area (Å²) in [5, 5.41) is 0. The second kappa shape index (κ2) is 8.93. The summed E-state index contributed by atoms with van der Waals surface area (Å²) in [5.41, 5.74) is -0.228. The van der Waals surface area contributed by atoms with Crippen molar-refractivity contribution in [1.82, 2.24) is 0 Å². The van der Waals surface area contributed by atoms with E-state index in [2.05, 4.69) is 9.47 Å². The van der Waals surface area contributed by atoms with Gasteiger partial charge in [-0.25, -0.2) is 9.69 Å². The Morgan fingerprint density at radius 3 is 1.69 bits per heavy atom. The summed E-state index contributed by atoms with van der Waals surface area (Å²) in [7, 11) is 0. The van der Waals surface area contributed by atoms with Gasteiger partial charge in [-0.15, -0.1) is 26.3 Å². The Bertz CT molecular complexity index is 778. The Kier molecular flexibility index (Phi) is 6.83. The average Bonchev–Trinajstić information content (AvgIpc) is 2.58. The molecular formula is C18H15F6NO4. The number of hydrogen-bond acceptors (Lipinski definition) is 4. The highest BCUT2D eigenvalue weighted by atomic mass is 19.4. The van der Waals surface area contributed by atoms with E-state index in [1.54, 1.807) is 6.92 Å². The van der Waals surface area contributed by atoms with Gasteiger partial charge in [-0.05, 0) is 30.7 Å². The largest absolute Gasteiger partial charge is 0.573 e. The second-order valence-electron chi connectivity index (χ2n) is 5.54. The van der Waals surface area contributed by atoms with E-state index in [1.807, 2.05) is 0 Å². The number of ether oxygens (including phenoxy) is 3. The molecule has 2 aromatic carbocycles. The van der Waals surface area contributed by atoms with Gasteiger partial charge in [-0.3, -0.25) is 0 Å². The molecule has 0 saturated carbocycles. The first kappa shape index (κ1) is 22.2. The minimum absolute atomic E-state index is 0.00713. The number of alkyl halides is 6. The van der Waals surface area contributed by atoms with Crippen LogP contribution in [0.5, 0.6) is 11.5 Å². The van der Waals surface area contributed by atoms with Crippen molar-refractivity contribution in [3.05, 3.63) is 48.5 Å². The molecule has 0 radical (unpaired) electrons. The zero-order valence-corrected chi connectivity index (χ0v) is 14.9. The molecule has 0 heterocycles. The smallest absolute Gasteiger partial charge is 0.449 e. The molecular weight excluding hydrogens is 408 g/mol. The number of nitrogens with zero attached hydrogens (tertiary/aromatic N) is 1. The first-order chi connectivity index (χ1) is 13.5. The third-order valence-electron chi connectivity index (χ3n) is 3.23. The van der Waals surface area contributed by atoms with Gasteiger partial charge in [0.15, 0.2) is 0 Å². The highest BCUT2D eigenvalue weighted by Gasteiger charge is 2.33. The lowest BCUT2D eigenvalue weighted by atomic mass is 10.2. The zero-order chi connectivity index (χ0) is 21.7. The van der Waals surface area contributed by atoms with Crippen LogP contribution in [-0.4, -0.2) is 25.4 Å². The Labute approximate surface area is 161 Å². The fourth-order valence-corrected chi connectivity index (χ4v) is 2.25. The van der Waals surface area contributed by atoms with Gasteiger partial charge in [0.1, 0.15) is 11.5 Å². The lowest BCUT2D eigenvalue weighted by Gasteiger charge is -2.23. The van der Waals surface area contributed by atoms with Gasteiger partial charge >= 0.3 is 18.8 Å². The minimum Gasteiger partial charge on any atom is -0.449 e. The lowest BCUT2D eigenvalue weighted by molar-refractivity contribution is -0.275. The molecule has 11 heteroatoms. The predicted octanol–water partition coefficient (Wildman–Crippen LogP) is 6.17. The van der Waals surface area contributed by atoms with Crippen molar-refractivity contribution in [2.75, 3.05) is 11.5 Å². The molecule has 0 aliphatic carbocycles. The maximum Gasteiger partial charge on any atom is 0.573 e. The van der Waals surface area contributed by atoms with Gasteiger partial charge in [0.05, 0.1) is 18.0 Å². The Balaban J connectivity index is 2.45. The number of benzene rings is 2. The van der Waals surface area contributed by atoms with Gasteiger partial charge < -0.3 is 14.2 Å². The normalized spacial score (nSPS) is 11.7. The van der Waals surface area contributed by atoms with Crippen molar-refractivity contribution in [3.63, 3.8) is 0 Å². The van der Waals surface area contributed by atoms with Crippen LogP contribution in [0.4, 0.5) is 42.5 Å². The maximum absolute atomic E-state index is 12.5. The molecule has 158 valence electrons. The monoisotopic (exact) mass is 423 g/mol. The molecule has 2 rings (SSSR count). The number of rotatable bonds is 6. The van der Waals surface area contributed by atoms with Crippen LogP contribution >= 0.6 is 0 Å². The number of hydrogen-bond donors (Lipinski definition) is 0. The quantitative estimate of drug-likeness (QED) is 0.522. The van der Waals surface area contributed by atoms with E-state index in [-0.39, 0.29) is 18.0 Å². The van der Waals surface area contributed by atoms with Crippen LogP contribution in [0.2, 0.25) is 0 Å². The van der Waals surface area contributed by atoms with E-state index in [9.17, 15) is 31.1 Å². The Morgan fingerprint density at radius 2 is 1.31 bits per heavy atom. The summed E-state index contributed by atoms with van der Waals surface area (Å²) in [6.07, 6.45) is -10.5. The summed E-state index contributed by atoms with van der Waals surface area (Å²) in [6, 6.07) is 8.74. The molecule has 0 aliphatic heterocycles. The number of carbonyl (C=O) groups is 1. The van der Waals surface area contributed by atoms with Crippen molar-refractivity contribution < 1.29 is 45.3 Å². The van der Waals surface area contributed by atoms with Crippen molar-refractivity contribution >= 4 is 17.5 Å². The van der Waals surface area contributed by atoms with Gasteiger partial charge in [-0.1, -0.05) is 19.1 Å². The van der Waals surface area contributed by atoms with E-state index >= 15 is 0 Å². The Hall–Kier alpha value is -3.11. The molecule has 0 N–H and O–H groups in total. The molecule has 0 aromatic heterocycles. The fourth-order valence-electron chi connectivity index (χ4n) is 2.25. The number of carbonyl (C=O) groups excluding carboxylic acids is 1. The third kappa shape index (κ3) is 7.09. The number of anilines is 2. The number of amides is 1. The molecule has 0 spiro atoms. The van der Waals surface area contributed by atoms with Gasteiger partial charge in [-0.2, -0.15) is 0 Å². The van der Waals surface area contributed by atoms with Crippen molar-refractivity contribution in [3.8, 4) is 11.5 Å². The van der Waals surface area contributed by atoms with E-state index in [1.165, 1.54) is 24.3 Å². The lowest BCUT2D eigenvalue weighted by Crippen LogP contribution is -2.27. The first-order valence-electron chi connectivity index (χ1n) is 8.17. The topological polar surface area (TPSA) is 48.0 Å². The van der Waals surface area contributed by atoms with E-state index in [4.69, 9.17) is 4.74 Å². The molecule has 2 aromatic rings. The Morgan fingerprint density at radius 1 is 0.862 bits per heavy atom. The van der Waals surface area contributed by atoms with Crippen LogP contribution in [-0.2, 0) is 4.74 Å². The van der Waals surface area contributed by atoms with Crippen LogP contribution in [0.1, 0.15) is 13.3 Å². The van der Waals surface area contributed by atoms with Crippen molar-refractivity contribution in [1.29, 1.82) is 0 Å². The summed E-state index contributed by atoms with van der Waals surface area (Å²) >= 11 is 0. The van der Waals surface area contributed by atoms with Crippen LogP contribution in [0.15, 0.2) is 48.5 Å². The summed E-state index contributed by atoms with van der Waals surface area (Å²) in [5.74, 6) is -1.24. The predicted molar refractivity (Wildman–Crippen MR) is 90.0 cm³/mol. The van der Waals surface area contributed by atoms with Crippen LogP contribution in [0.25, 0.3) is 0 Å². The molecule has 29 heavy (non-hydrogen) atoms. The first-order valence-corrected chi connectivity index (χ1v) is 8.17. The van der Waals surface area contributed by atoms with E-state index in [0.717, 1.165) is 29.2 Å². The number of halogens is 6. The maximum atomic E-state index is 12.5. The zero-order valence-electron chi connectivity index (χ0n) is 14.9. The van der Waals surface area contributed by atoms with Crippen LogP contribution < -0.4 is 14.4 Å². The molecule has 0 unspecified atom stereocenters. The van der Waals surface area contributed by atoms with Crippen molar-refractivity contribution in [2.24, 2.45) is 0 Å². The molecule has 5 nitrogen and oxygen atoms in total. The van der Waals surface area contributed by atoms with Gasteiger partial charge in [0.25, 0.3) is 0 Å². The second-order valence-corrected chi connectivity index (χ2v) is 5.54. The molecule has 1 amide bonds. The van der Waals surface area contributed by atoms with Crippen LogP contribution in [0, 0.1) is 0 Å². The molecule has 0 atom stereocenters. The summed E-state index contributed by atoms with van der Waals surface area (Å²) in [6.45, 7) is 1.71. The molecule has 0 bridgehead atoms. The highest BCUT2D eigenvalue weighted by Crippen LogP contribution is 2.34. The van der Waals surface area contributed by atoms with E-state index in [0.29, 0.717) is 6.42 Å². The van der Waals surface area contributed by atoms with Crippen LogP contribution in [0.3, 0.4) is 0 Å². The van der Waals surface area contributed by atoms with Gasteiger partial charge in [0.2, 0.25) is 0 Å². The SMILES string of the molecule is CCCOC(=O)N(c1cccc(OC(F)(F)F)c1)c1cccc(OC(F)(F)F)c1. The molecule has 0 saturated heterocycles. The molecule has 0 fully saturated rings. The minimum atomic E-state index is -4.97. The summed E-state index contributed by atoms with van der Waals surface area (Å²) < 4.78 is 87.6. The third-order valence-corrected chi connectivity index (χ3v) is 3.23.